The van der Waals surface area contributed by atoms with Gasteiger partial charge in [-0.05, 0) is 37.5 Å². The van der Waals surface area contributed by atoms with E-state index in [0.717, 1.165) is 41.3 Å². The highest BCUT2D eigenvalue weighted by atomic mass is 16.2. The van der Waals surface area contributed by atoms with Gasteiger partial charge in [0.15, 0.2) is 5.82 Å². The van der Waals surface area contributed by atoms with Gasteiger partial charge in [-0.2, -0.15) is 5.10 Å². The molecule has 1 fully saturated rings. The zero-order valence-corrected chi connectivity index (χ0v) is 17.2. The van der Waals surface area contributed by atoms with E-state index >= 15 is 0 Å². The van der Waals surface area contributed by atoms with E-state index in [1.165, 1.54) is 0 Å². The molecule has 0 aliphatic carbocycles. The van der Waals surface area contributed by atoms with Gasteiger partial charge >= 0.3 is 0 Å². The number of likely N-dealkylation sites (tertiary alicyclic amines) is 1. The first-order valence-electron chi connectivity index (χ1n) is 10.1. The van der Waals surface area contributed by atoms with Crippen LogP contribution in [0.2, 0.25) is 0 Å². The maximum Gasteiger partial charge on any atom is 0.246 e. The minimum atomic E-state index is 0.0268. The van der Waals surface area contributed by atoms with E-state index in [9.17, 15) is 4.79 Å². The summed E-state index contributed by atoms with van der Waals surface area (Å²) in [6.45, 7) is 3.40. The molecule has 4 rings (SSSR count). The molecule has 8 nitrogen and oxygen atoms in total. The van der Waals surface area contributed by atoms with Gasteiger partial charge in [0.25, 0.3) is 0 Å². The average Bonchev–Trinajstić information content (AvgIpc) is 3.19. The van der Waals surface area contributed by atoms with Crippen LogP contribution in [0.15, 0.2) is 49.2 Å². The molecule has 1 aliphatic rings. The molecule has 0 unspecified atom stereocenters. The predicted molar refractivity (Wildman–Crippen MR) is 115 cm³/mol. The monoisotopic (exact) mass is 403 g/mol. The van der Waals surface area contributed by atoms with Gasteiger partial charge in [0, 0.05) is 62.5 Å². The highest BCUT2D eigenvalue weighted by Crippen LogP contribution is 2.31. The molecule has 0 bridgehead atoms. The van der Waals surface area contributed by atoms with Crippen molar-refractivity contribution in [2.24, 2.45) is 7.05 Å². The lowest BCUT2D eigenvalue weighted by Crippen LogP contribution is -2.37. The molecular formula is C22H25N7O. The third-order valence-corrected chi connectivity index (χ3v) is 5.31. The van der Waals surface area contributed by atoms with Gasteiger partial charge in [0.1, 0.15) is 5.82 Å². The number of nitrogens with zero attached hydrogens (tertiary/aromatic N) is 6. The Morgan fingerprint density at radius 2 is 1.90 bits per heavy atom. The van der Waals surface area contributed by atoms with E-state index in [1.807, 2.05) is 37.2 Å². The van der Waals surface area contributed by atoms with Gasteiger partial charge in [-0.15, -0.1) is 0 Å². The van der Waals surface area contributed by atoms with Gasteiger partial charge in [-0.1, -0.05) is 6.07 Å². The number of carbonyl (C=O) groups is 1. The Labute approximate surface area is 175 Å². The Balaban J connectivity index is 1.40. The quantitative estimate of drug-likeness (QED) is 0.659. The number of rotatable bonds is 5. The number of aryl methyl sites for hydroxylation is 2. The second kappa shape index (κ2) is 8.86. The maximum atomic E-state index is 12.5. The van der Waals surface area contributed by atoms with Crippen LogP contribution in [0, 0.1) is 6.92 Å². The van der Waals surface area contributed by atoms with E-state index in [1.54, 1.807) is 41.6 Å². The fourth-order valence-corrected chi connectivity index (χ4v) is 3.64. The first-order chi connectivity index (χ1) is 14.6. The summed E-state index contributed by atoms with van der Waals surface area (Å²) in [7, 11) is 1.86. The molecule has 154 valence electrons. The smallest absolute Gasteiger partial charge is 0.246 e. The normalized spacial score (nSPS) is 14.9. The van der Waals surface area contributed by atoms with Crippen LogP contribution >= 0.6 is 0 Å². The summed E-state index contributed by atoms with van der Waals surface area (Å²) in [5.74, 6) is 1.79. The van der Waals surface area contributed by atoms with Crippen molar-refractivity contribution in [2.75, 3.05) is 18.4 Å². The van der Waals surface area contributed by atoms with Crippen molar-refractivity contribution < 1.29 is 4.79 Å². The molecule has 0 spiro atoms. The van der Waals surface area contributed by atoms with Gasteiger partial charge < -0.3 is 10.2 Å². The molecular weight excluding hydrogens is 378 g/mol. The van der Waals surface area contributed by atoms with Crippen LogP contribution in [0.4, 0.5) is 11.6 Å². The van der Waals surface area contributed by atoms with Gasteiger partial charge in [0.2, 0.25) is 5.91 Å². The summed E-state index contributed by atoms with van der Waals surface area (Å²) < 4.78 is 1.72. The van der Waals surface area contributed by atoms with Crippen molar-refractivity contribution >= 4 is 23.6 Å². The van der Waals surface area contributed by atoms with E-state index in [0.29, 0.717) is 13.1 Å². The lowest BCUT2D eigenvalue weighted by atomic mass is 9.93. The van der Waals surface area contributed by atoms with Crippen molar-refractivity contribution in [3.8, 4) is 0 Å². The number of hydrogen-bond donors (Lipinski definition) is 1. The molecule has 1 saturated heterocycles. The lowest BCUT2D eigenvalue weighted by Gasteiger charge is -2.31. The predicted octanol–water partition coefficient (Wildman–Crippen LogP) is 3.08. The number of carbonyl (C=O) groups excluding carboxylic acids is 1. The van der Waals surface area contributed by atoms with Crippen LogP contribution in [0.5, 0.6) is 0 Å². The largest absolute Gasteiger partial charge is 0.339 e. The minimum absolute atomic E-state index is 0.0268. The molecule has 4 heterocycles. The van der Waals surface area contributed by atoms with Crippen LogP contribution < -0.4 is 5.32 Å². The van der Waals surface area contributed by atoms with Gasteiger partial charge in [-0.25, -0.2) is 9.97 Å². The third-order valence-electron chi connectivity index (χ3n) is 5.31. The van der Waals surface area contributed by atoms with Crippen LogP contribution in [-0.4, -0.2) is 48.6 Å². The van der Waals surface area contributed by atoms with E-state index in [4.69, 9.17) is 0 Å². The third kappa shape index (κ3) is 4.53. The first kappa shape index (κ1) is 19.8. The number of piperidine rings is 1. The zero-order chi connectivity index (χ0) is 20.9. The number of hydrogen-bond acceptors (Lipinski definition) is 6. The fourth-order valence-electron chi connectivity index (χ4n) is 3.64. The van der Waals surface area contributed by atoms with E-state index < -0.39 is 0 Å². The molecule has 30 heavy (non-hydrogen) atoms. The number of amides is 1. The van der Waals surface area contributed by atoms with E-state index in [-0.39, 0.29) is 11.8 Å². The van der Waals surface area contributed by atoms with Crippen molar-refractivity contribution in [2.45, 2.75) is 25.7 Å². The zero-order valence-electron chi connectivity index (χ0n) is 17.2. The second-order valence-electron chi connectivity index (χ2n) is 7.46. The van der Waals surface area contributed by atoms with E-state index in [2.05, 4.69) is 25.4 Å². The Kier molecular flexibility index (Phi) is 5.83. The minimum Gasteiger partial charge on any atom is -0.339 e. The molecule has 1 N–H and O–H groups in total. The molecule has 3 aromatic rings. The molecule has 8 heteroatoms. The summed E-state index contributed by atoms with van der Waals surface area (Å²) in [5, 5.41) is 7.44. The molecule has 0 atom stereocenters. The Morgan fingerprint density at radius 1 is 1.13 bits per heavy atom. The summed E-state index contributed by atoms with van der Waals surface area (Å²) in [5.41, 5.74) is 2.90. The highest BCUT2D eigenvalue weighted by molar-refractivity contribution is 5.91. The summed E-state index contributed by atoms with van der Waals surface area (Å²) in [4.78, 5) is 27.9. The summed E-state index contributed by atoms with van der Waals surface area (Å²) in [6.07, 6.45) is 13.9. The van der Waals surface area contributed by atoms with Crippen molar-refractivity contribution in [3.63, 3.8) is 0 Å². The van der Waals surface area contributed by atoms with Crippen molar-refractivity contribution in [1.82, 2.24) is 29.6 Å². The lowest BCUT2D eigenvalue weighted by molar-refractivity contribution is -0.126. The van der Waals surface area contributed by atoms with Crippen LogP contribution in [0.1, 0.15) is 35.6 Å². The van der Waals surface area contributed by atoms with Gasteiger partial charge in [0.05, 0.1) is 11.9 Å². The topological polar surface area (TPSA) is 88.8 Å². The Morgan fingerprint density at radius 3 is 2.63 bits per heavy atom. The number of nitrogens with one attached hydrogen (secondary N) is 1. The molecule has 0 aromatic carbocycles. The maximum absolute atomic E-state index is 12.5. The average molecular weight is 403 g/mol. The Bertz CT molecular complexity index is 1050. The van der Waals surface area contributed by atoms with Crippen LogP contribution in [0.25, 0.3) is 6.08 Å². The molecule has 1 amide bonds. The standard InChI is InChI=1S/C22H25N7O/c1-16-4-3-9-24-21(16)27-22-20(23-10-11-25-22)18-7-12-29(13-8-18)19(30)6-5-17-14-26-28(2)15-17/h3-6,9-11,14-15,18H,7-8,12-13H2,1-2H3,(H,24,25,27)/b6-5+. The number of pyridine rings is 1. The number of anilines is 2. The summed E-state index contributed by atoms with van der Waals surface area (Å²) in [6, 6.07) is 3.92. The number of aromatic nitrogens is 5. The second-order valence-corrected chi connectivity index (χ2v) is 7.46. The van der Waals surface area contributed by atoms with Crippen molar-refractivity contribution in [1.29, 1.82) is 0 Å². The molecule has 0 saturated carbocycles. The Hall–Kier alpha value is -3.55. The molecule has 1 aliphatic heterocycles. The van der Waals surface area contributed by atoms with Crippen molar-refractivity contribution in [3.05, 3.63) is 66.0 Å². The fraction of sp³-hybridized carbons (Fsp3) is 0.318. The SMILES string of the molecule is Cc1cccnc1Nc1nccnc1C1CCN(C(=O)/C=C/c2cnn(C)c2)CC1. The molecule has 0 radical (unpaired) electrons. The highest BCUT2D eigenvalue weighted by Gasteiger charge is 2.26. The van der Waals surface area contributed by atoms with Crippen LogP contribution in [0.3, 0.4) is 0 Å². The first-order valence-corrected chi connectivity index (χ1v) is 10.1. The summed E-state index contributed by atoms with van der Waals surface area (Å²) >= 11 is 0. The van der Waals surface area contributed by atoms with Gasteiger partial charge in [-0.3, -0.25) is 14.5 Å². The van der Waals surface area contributed by atoms with Crippen LogP contribution in [-0.2, 0) is 11.8 Å². The molecule has 3 aromatic heterocycles.